The Balaban J connectivity index is 0.00000306. The summed E-state index contributed by atoms with van der Waals surface area (Å²) >= 11 is 0. The van der Waals surface area contributed by atoms with Gasteiger partial charge in [-0.2, -0.15) is 0 Å². The summed E-state index contributed by atoms with van der Waals surface area (Å²) in [5, 5.41) is 17.7. The molecule has 174 valence electrons. The SMILES string of the molecule is C.CC(C)C(c1ccccc1)c1cn(CCn2cc(C(c3ccccc3)C(C)C)nn2)nn1. The molecular weight excluding hydrogens is 408 g/mol. The van der Waals surface area contributed by atoms with Gasteiger partial charge >= 0.3 is 0 Å². The van der Waals surface area contributed by atoms with Gasteiger partial charge in [0.2, 0.25) is 0 Å². The van der Waals surface area contributed by atoms with E-state index < -0.39 is 0 Å². The van der Waals surface area contributed by atoms with E-state index in [0.29, 0.717) is 24.9 Å². The van der Waals surface area contributed by atoms with Crippen LogP contribution in [0.1, 0.15) is 69.5 Å². The molecule has 2 atom stereocenters. The number of nitrogens with zero attached hydrogens (tertiary/aromatic N) is 6. The summed E-state index contributed by atoms with van der Waals surface area (Å²) in [4.78, 5) is 0. The van der Waals surface area contributed by atoms with Gasteiger partial charge < -0.3 is 0 Å². The Bertz CT molecular complexity index is 1010. The molecule has 2 unspecified atom stereocenters. The summed E-state index contributed by atoms with van der Waals surface area (Å²) < 4.78 is 3.82. The number of hydrogen-bond donors (Lipinski definition) is 0. The van der Waals surface area contributed by atoms with Crippen molar-refractivity contribution in [3.05, 3.63) is 95.6 Å². The molecule has 0 spiro atoms. The van der Waals surface area contributed by atoms with Crippen LogP contribution in [0.25, 0.3) is 0 Å². The first-order chi connectivity index (χ1) is 15.5. The van der Waals surface area contributed by atoms with Crippen LogP contribution in [0.15, 0.2) is 73.1 Å². The monoisotopic (exact) mass is 444 g/mol. The zero-order valence-electron chi connectivity index (χ0n) is 19.3. The Morgan fingerprint density at radius 3 is 1.30 bits per heavy atom. The maximum atomic E-state index is 4.49. The van der Waals surface area contributed by atoms with Crippen molar-refractivity contribution < 1.29 is 0 Å². The number of aryl methyl sites for hydroxylation is 2. The number of hydrogen-bond acceptors (Lipinski definition) is 4. The molecule has 0 bridgehead atoms. The van der Waals surface area contributed by atoms with E-state index >= 15 is 0 Å². The average Bonchev–Trinajstić information content (AvgIpc) is 3.43. The Kier molecular flexibility index (Phi) is 8.15. The van der Waals surface area contributed by atoms with Crippen molar-refractivity contribution >= 4 is 0 Å². The zero-order chi connectivity index (χ0) is 22.5. The summed E-state index contributed by atoms with van der Waals surface area (Å²) in [6.07, 6.45) is 4.13. The summed E-state index contributed by atoms with van der Waals surface area (Å²) in [5.74, 6) is 1.35. The molecule has 0 aliphatic carbocycles. The van der Waals surface area contributed by atoms with Gasteiger partial charge in [0.25, 0.3) is 0 Å². The summed E-state index contributed by atoms with van der Waals surface area (Å²) in [6, 6.07) is 21.1. The minimum Gasteiger partial charge on any atom is -0.250 e. The highest BCUT2D eigenvalue weighted by Crippen LogP contribution is 2.31. The fraction of sp³-hybridized carbons (Fsp3) is 0.407. The van der Waals surface area contributed by atoms with Gasteiger partial charge in [0.1, 0.15) is 0 Å². The Hall–Kier alpha value is -3.28. The van der Waals surface area contributed by atoms with Gasteiger partial charge in [-0.15, -0.1) is 10.2 Å². The van der Waals surface area contributed by atoms with Crippen LogP contribution >= 0.6 is 0 Å². The lowest BCUT2D eigenvalue weighted by atomic mass is 9.86. The molecule has 33 heavy (non-hydrogen) atoms. The molecule has 2 heterocycles. The van der Waals surface area contributed by atoms with Crippen LogP contribution < -0.4 is 0 Å². The van der Waals surface area contributed by atoms with Gasteiger partial charge in [-0.25, -0.2) is 0 Å². The molecule has 0 amide bonds. The highest BCUT2D eigenvalue weighted by molar-refractivity contribution is 5.28. The zero-order valence-corrected chi connectivity index (χ0v) is 19.3. The van der Waals surface area contributed by atoms with Crippen LogP contribution in [-0.4, -0.2) is 30.0 Å². The molecule has 0 aliphatic rings. The molecule has 0 saturated heterocycles. The Morgan fingerprint density at radius 1 is 0.606 bits per heavy atom. The van der Waals surface area contributed by atoms with Gasteiger partial charge in [0.15, 0.2) is 0 Å². The standard InChI is InChI=1S/C26H32N6.CH4/c1-19(2)25(21-11-7-5-8-12-21)23-17-31(29-27-23)15-16-32-18-24(28-30-32)26(20(3)4)22-13-9-6-10-14-22;/h5-14,17-20,25-26H,15-16H2,1-4H3;1H4. The third-order valence-corrected chi connectivity index (χ3v) is 5.96. The van der Waals surface area contributed by atoms with E-state index in [1.807, 2.05) is 21.5 Å². The van der Waals surface area contributed by atoms with Gasteiger partial charge in [0.05, 0.1) is 24.5 Å². The third kappa shape index (κ3) is 5.75. The molecule has 0 N–H and O–H groups in total. The highest BCUT2D eigenvalue weighted by atomic mass is 15.5. The molecule has 6 nitrogen and oxygen atoms in total. The number of aromatic nitrogens is 6. The molecule has 2 aromatic carbocycles. The second kappa shape index (κ2) is 11.0. The minimum atomic E-state index is 0. The first-order valence-corrected chi connectivity index (χ1v) is 11.4. The molecule has 0 fully saturated rings. The van der Waals surface area contributed by atoms with Crippen molar-refractivity contribution in [3.63, 3.8) is 0 Å². The van der Waals surface area contributed by atoms with E-state index in [9.17, 15) is 0 Å². The van der Waals surface area contributed by atoms with Crippen LogP contribution in [0, 0.1) is 11.8 Å². The van der Waals surface area contributed by atoms with Gasteiger partial charge in [-0.3, -0.25) is 9.36 Å². The van der Waals surface area contributed by atoms with E-state index in [0.717, 1.165) is 11.4 Å². The van der Waals surface area contributed by atoms with E-state index in [1.165, 1.54) is 11.1 Å². The first-order valence-electron chi connectivity index (χ1n) is 11.4. The molecular formula is C27H36N6. The fourth-order valence-electron chi connectivity index (χ4n) is 4.45. The van der Waals surface area contributed by atoms with E-state index in [2.05, 4.69) is 109 Å². The van der Waals surface area contributed by atoms with Crippen molar-refractivity contribution in [1.29, 1.82) is 0 Å². The summed E-state index contributed by atoms with van der Waals surface area (Å²) in [7, 11) is 0. The summed E-state index contributed by atoms with van der Waals surface area (Å²) in [6.45, 7) is 10.3. The largest absolute Gasteiger partial charge is 0.250 e. The minimum absolute atomic E-state index is 0. The number of benzene rings is 2. The van der Waals surface area contributed by atoms with E-state index in [1.54, 1.807) is 0 Å². The van der Waals surface area contributed by atoms with Crippen LogP contribution in [0.3, 0.4) is 0 Å². The van der Waals surface area contributed by atoms with Gasteiger partial charge in [-0.1, -0.05) is 106 Å². The maximum Gasteiger partial charge on any atom is 0.0904 e. The van der Waals surface area contributed by atoms with Crippen LogP contribution in [-0.2, 0) is 13.1 Å². The maximum absolute atomic E-state index is 4.49. The predicted octanol–water partition coefficient (Wildman–Crippen LogP) is 5.78. The lowest BCUT2D eigenvalue weighted by Crippen LogP contribution is -2.10. The predicted molar refractivity (Wildman–Crippen MR) is 133 cm³/mol. The van der Waals surface area contributed by atoms with Crippen molar-refractivity contribution in [2.24, 2.45) is 11.8 Å². The third-order valence-electron chi connectivity index (χ3n) is 5.96. The molecule has 0 radical (unpaired) electrons. The van der Waals surface area contributed by atoms with Crippen molar-refractivity contribution in [3.8, 4) is 0 Å². The van der Waals surface area contributed by atoms with Crippen molar-refractivity contribution in [1.82, 2.24) is 30.0 Å². The van der Waals surface area contributed by atoms with Crippen LogP contribution in [0.2, 0.25) is 0 Å². The molecule has 4 aromatic rings. The summed E-state index contributed by atoms with van der Waals surface area (Å²) in [5.41, 5.74) is 4.57. The molecule has 2 aromatic heterocycles. The highest BCUT2D eigenvalue weighted by Gasteiger charge is 2.22. The van der Waals surface area contributed by atoms with Crippen molar-refractivity contribution in [2.75, 3.05) is 0 Å². The fourth-order valence-corrected chi connectivity index (χ4v) is 4.45. The number of rotatable bonds is 9. The molecule has 0 saturated carbocycles. The molecule has 6 heteroatoms. The second-order valence-corrected chi connectivity index (χ2v) is 9.08. The lowest BCUT2D eigenvalue weighted by molar-refractivity contribution is 0.480. The van der Waals surface area contributed by atoms with Crippen LogP contribution in [0.5, 0.6) is 0 Å². The topological polar surface area (TPSA) is 61.4 Å². The van der Waals surface area contributed by atoms with E-state index in [4.69, 9.17) is 0 Å². The normalized spacial score (nSPS) is 13.2. The Labute approximate surface area is 197 Å². The van der Waals surface area contributed by atoms with E-state index in [-0.39, 0.29) is 19.3 Å². The van der Waals surface area contributed by atoms with Gasteiger partial charge in [-0.05, 0) is 23.0 Å². The second-order valence-electron chi connectivity index (χ2n) is 9.08. The van der Waals surface area contributed by atoms with Crippen LogP contribution in [0.4, 0.5) is 0 Å². The Morgan fingerprint density at radius 2 is 0.970 bits per heavy atom. The quantitative estimate of drug-likeness (QED) is 0.328. The lowest BCUT2D eigenvalue weighted by Gasteiger charge is -2.18. The molecule has 4 rings (SSSR count). The van der Waals surface area contributed by atoms with Gasteiger partial charge in [0, 0.05) is 24.2 Å². The first kappa shape index (κ1) is 24.4. The van der Waals surface area contributed by atoms with Crippen molar-refractivity contribution in [2.45, 2.75) is 60.0 Å². The average molecular weight is 445 g/mol. The molecule has 0 aliphatic heterocycles. The smallest absolute Gasteiger partial charge is 0.0904 e.